The molecule has 0 atom stereocenters. The van der Waals surface area contributed by atoms with E-state index in [9.17, 15) is 14.4 Å². The van der Waals surface area contributed by atoms with Crippen LogP contribution in [0.1, 0.15) is 20.7 Å². The number of amides is 2. The summed E-state index contributed by atoms with van der Waals surface area (Å²) >= 11 is 11.4. The van der Waals surface area contributed by atoms with Gasteiger partial charge in [-0.1, -0.05) is 23.2 Å². The lowest BCUT2D eigenvalue weighted by Crippen LogP contribution is -2.34. The summed E-state index contributed by atoms with van der Waals surface area (Å²) in [5, 5.41) is 3.07. The fourth-order valence-corrected chi connectivity index (χ4v) is 1.89. The van der Waals surface area contributed by atoms with Gasteiger partial charge in [0.25, 0.3) is 11.8 Å². The number of esters is 1. The number of hydrogen-bond donors (Lipinski definition) is 1. The van der Waals surface area contributed by atoms with Gasteiger partial charge in [-0.15, -0.1) is 0 Å². The van der Waals surface area contributed by atoms with E-state index in [0.29, 0.717) is 10.0 Å². The summed E-state index contributed by atoms with van der Waals surface area (Å²) in [6, 6.07) is 12.0. The van der Waals surface area contributed by atoms with Gasteiger partial charge in [-0.05, 0) is 48.5 Å². The molecule has 23 heavy (non-hydrogen) atoms. The lowest BCUT2D eigenvalue weighted by Gasteiger charge is -2.06. The van der Waals surface area contributed by atoms with Crippen LogP contribution in [0.2, 0.25) is 10.0 Å². The van der Waals surface area contributed by atoms with Gasteiger partial charge in [-0.3, -0.25) is 14.9 Å². The Labute approximate surface area is 142 Å². The molecule has 0 spiro atoms. The van der Waals surface area contributed by atoms with E-state index in [1.54, 1.807) is 0 Å². The van der Waals surface area contributed by atoms with Crippen LogP contribution >= 0.6 is 23.2 Å². The van der Waals surface area contributed by atoms with Crippen LogP contribution < -0.4 is 5.32 Å². The maximum Gasteiger partial charge on any atom is 0.338 e. The van der Waals surface area contributed by atoms with E-state index in [2.05, 4.69) is 5.32 Å². The Morgan fingerprint density at radius 1 is 0.826 bits per heavy atom. The molecule has 0 bridgehead atoms. The number of hydrogen-bond acceptors (Lipinski definition) is 4. The molecule has 0 fully saturated rings. The van der Waals surface area contributed by atoms with Gasteiger partial charge in [-0.25, -0.2) is 4.79 Å². The zero-order valence-electron chi connectivity index (χ0n) is 11.7. The number of rotatable bonds is 4. The quantitative estimate of drug-likeness (QED) is 0.859. The van der Waals surface area contributed by atoms with E-state index in [0.717, 1.165) is 0 Å². The van der Waals surface area contributed by atoms with Gasteiger partial charge in [0.05, 0.1) is 5.56 Å². The molecule has 0 aliphatic carbocycles. The van der Waals surface area contributed by atoms with Crippen molar-refractivity contribution in [3.63, 3.8) is 0 Å². The van der Waals surface area contributed by atoms with E-state index in [4.69, 9.17) is 27.9 Å². The lowest BCUT2D eigenvalue weighted by molar-refractivity contribution is -0.123. The van der Waals surface area contributed by atoms with E-state index >= 15 is 0 Å². The smallest absolute Gasteiger partial charge is 0.338 e. The van der Waals surface area contributed by atoms with Gasteiger partial charge in [0, 0.05) is 15.6 Å². The summed E-state index contributed by atoms with van der Waals surface area (Å²) in [6.45, 7) is -0.569. The maximum absolute atomic E-state index is 11.8. The third kappa shape index (κ3) is 5.09. The molecule has 2 aromatic rings. The number of imide groups is 1. The molecule has 1 N–H and O–H groups in total. The summed E-state index contributed by atoms with van der Waals surface area (Å²) in [5.41, 5.74) is 0.526. The number of carbonyl (C=O) groups excluding carboxylic acids is 3. The Bertz CT molecular complexity index is 727. The van der Waals surface area contributed by atoms with Crippen LogP contribution in [0.15, 0.2) is 48.5 Å². The van der Waals surface area contributed by atoms with Gasteiger partial charge >= 0.3 is 5.97 Å². The largest absolute Gasteiger partial charge is 0.452 e. The molecule has 2 aromatic carbocycles. The van der Waals surface area contributed by atoms with Crippen LogP contribution in [-0.4, -0.2) is 24.4 Å². The number of carbonyl (C=O) groups is 3. The average Bonchev–Trinajstić information content (AvgIpc) is 2.54. The number of ether oxygens (including phenoxy) is 1. The number of halogens is 2. The fourth-order valence-electron chi connectivity index (χ4n) is 1.64. The second-order valence-electron chi connectivity index (χ2n) is 4.47. The van der Waals surface area contributed by atoms with Crippen molar-refractivity contribution in [2.45, 2.75) is 0 Å². The van der Waals surface area contributed by atoms with Gasteiger partial charge in [0.1, 0.15) is 0 Å². The standard InChI is InChI=1S/C16H11Cl2NO4/c17-12-5-1-10(2-6-12)15(21)19-14(20)9-23-16(22)11-3-7-13(18)8-4-11/h1-8H,9H2,(H,19,20,21). The Kier molecular flexibility index (Phi) is 5.73. The van der Waals surface area contributed by atoms with Crippen molar-refractivity contribution in [1.29, 1.82) is 0 Å². The zero-order chi connectivity index (χ0) is 16.8. The van der Waals surface area contributed by atoms with Crippen LogP contribution in [0.4, 0.5) is 0 Å². The molecule has 0 saturated heterocycles. The van der Waals surface area contributed by atoms with Crippen molar-refractivity contribution in [3.05, 3.63) is 69.7 Å². The summed E-state index contributed by atoms with van der Waals surface area (Å²) < 4.78 is 4.82. The fraction of sp³-hybridized carbons (Fsp3) is 0.0625. The molecule has 0 aromatic heterocycles. The molecule has 2 amide bonds. The minimum Gasteiger partial charge on any atom is -0.452 e. The summed E-state index contributed by atoms with van der Waals surface area (Å²) in [6.07, 6.45) is 0. The normalized spacial score (nSPS) is 10.0. The first kappa shape index (κ1) is 17.0. The van der Waals surface area contributed by atoms with Gasteiger partial charge < -0.3 is 4.74 Å². The van der Waals surface area contributed by atoms with E-state index in [-0.39, 0.29) is 11.1 Å². The second-order valence-corrected chi connectivity index (χ2v) is 5.34. The molecule has 2 rings (SSSR count). The minimum absolute atomic E-state index is 0.256. The predicted octanol–water partition coefficient (Wildman–Crippen LogP) is 3.11. The monoisotopic (exact) mass is 351 g/mol. The molecule has 0 aliphatic heterocycles. The lowest BCUT2D eigenvalue weighted by atomic mass is 10.2. The third-order valence-corrected chi connectivity index (χ3v) is 3.28. The Hall–Kier alpha value is -2.37. The highest BCUT2D eigenvalue weighted by molar-refractivity contribution is 6.31. The van der Waals surface area contributed by atoms with E-state index in [1.165, 1.54) is 48.5 Å². The molecule has 0 radical (unpaired) electrons. The van der Waals surface area contributed by atoms with Gasteiger partial charge in [0.15, 0.2) is 6.61 Å². The predicted molar refractivity (Wildman–Crippen MR) is 85.7 cm³/mol. The van der Waals surface area contributed by atoms with E-state index < -0.39 is 24.4 Å². The molecular weight excluding hydrogens is 341 g/mol. The highest BCUT2D eigenvalue weighted by Crippen LogP contribution is 2.11. The summed E-state index contributed by atoms with van der Waals surface area (Å²) in [4.78, 5) is 35.1. The molecule has 5 nitrogen and oxygen atoms in total. The minimum atomic E-state index is -0.729. The number of nitrogens with one attached hydrogen (secondary N) is 1. The Morgan fingerprint density at radius 3 is 1.83 bits per heavy atom. The molecular formula is C16H11Cl2NO4. The average molecular weight is 352 g/mol. The second kappa shape index (κ2) is 7.76. The summed E-state index contributed by atoms with van der Waals surface area (Å²) in [7, 11) is 0. The van der Waals surface area contributed by atoms with Crippen molar-refractivity contribution in [2.24, 2.45) is 0 Å². The van der Waals surface area contributed by atoms with Gasteiger partial charge in [0.2, 0.25) is 0 Å². The SMILES string of the molecule is O=C(COC(=O)c1ccc(Cl)cc1)NC(=O)c1ccc(Cl)cc1. The zero-order valence-corrected chi connectivity index (χ0v) is 13.2. The molecule has 0 heterocycles. The third-order valence-electron chi connectivity index (χ3n) is 2.77. The van der Waals surface area contributed by atoms with Crippen LogP contribution in [0, 0.1) is 0 Å². The Balaban J connectivity index is 1.85. The molecule has 118 valence electrons. The van der Waals surface area contributed by atoms with Crippen LogP contribution in [-0.2, 0) is 9.53 Å². The van der Waals surface area contributed by atoms with Crippen molar-refractivity contribution in [3.8, 4) is 0 Å². The van der Waals surface area contributed by atoms with Crippen molar-refractivity contribution in [2.75, 3.05) is 6.61 Å². The highest BCUT2D eigenvalue weighted by Gasteiger charge is 2.13. The number of benzene rings is 2. The Morgan fingerprint density at radius 2 is 1.30 bits per heavy atom. The van der Waals surface area contributed by atoms with E-state index in [1.807, 2.05) is 0 Å². The topological polar surface area (TPSA) is 72.5 Å². The first-order valence-electron chi connectivity index (χ1n) is 6.48. The van der Waals surface area contributed by atoms with Crippen molar-refractivity contribution < 1.29 is 19.1 Å². The van der Waals surface area contributed by atoms with Crippen LogP contribution in [0.3, 0.4) is 0 Å². The first-order valence-corrected chi connectivity index (χ1v) is 7.24. The molecule has 0 aliphatic rings. The van der Waals surface area contributed by atoms with Crippen LogP contribution in [0.5, 0.6) is 0 Å². The van der Waals surface area contributed by atoms with Gasteiger partial charge in [-0.2, -0.15) is 0 Å². The van der Waals surface area contributed by atoms with Crippen molar-refractivity contribution in [1.82, 2.24) is 5.32 Å². The summed E-state index contributed by atoms with van der Waals surface area (Å²) in [5.74, 6) is -2.02. The van der Waals surface area contributed by atoms with Crippen molar-refractivity contribution >= 4 is 41.0 Å². The van der Waals surface area contributed by atoms with Crippen LogP contribution in [0.25, 0.3) is 0 Å². The molecule has 0 unspecified atom stereocenters. The maximum atomic E-state index is 11.8. The molecule has 7 heteroatoms. The molecule has 0 saturated carbocycles. The highest BCUT2D eigenvalue weighted by atomic mass is 35.5. The first-order chi connectivity index (χ1) is 11.0.